The van der Waals surface area contributed by atoms with Crippen molar-refractivity contribution in [2.24, 2.45) is 0 Å². The molecule has 16 heavy (non-hydrogen) atoms. The smallest absolute Gasteiger partial charge is 0.101 e. The summed E-state index contributed by atoms with van der Waals surface area (Å²) in [7, 11) is 0. The van der Waals surface area contributed by atoms with E-state index in [4.69, 9.17) is 5.26 Å². The Bertz CT molecular complexity index is 385. The molecule has 0 radical (unpaired) electrons. The van der Waals surface area contributed by atoms with Gasteiger partial charge >= 0.3 is 0 Å². The number of aliphatic hydroxyl groups is 1. The SMILES string of the molecule is CSCC(C)(O)CNc1ccccc1C#N. The minimum atomic E-state index is -0.762. The van der Waals surface area contributed by atoms with Crippen LogP contribution in [0.1, 0.15) is 12.5 Å². The summed E-state index contributed by atoms with van der Waals surface area (Å²) in [4.78, 5) is 0. The first-order chi connectivity index (χ1) is 7.59. The van der Waals surface area contributed by atoms with Crippen LogP contribution in [-0.2, 0) is 0 Å². The molecule has 0 aliphatic rings. The van der Waals surface area contributed by atoms with Gasteiger partial charge in [-0.3, -0.25) is 0 Å². The molecule has 0 saturated carbocycles. The van der Waals surface area contributed by atoms with Crippen LogP contribution in [0.15, 0.2) is 24.3 Å². The fourth-order valence-electron chi connectivity index (χ4n) is 1.38. The Balaban J connectivity index is 2.65. The summed E-state index contributed by atoms with van der Waals surface area (Å²) in [5.41, 5.74) is 0.607. The van der Waals surface area contributed by atoms with Crippen molar-refractivity contribution in [2.45, 2.75) is 12.5 Å². The highest BCUT2D eigenvalue weighted by atomic mass is 32.2. The van der Waals surface area contributed by atoms with Crippen molar-refractivity contribution >= 4 is 17.4 Å². The van der Waals surface area contributed by atoms with Crippen molar-refractivity contribution in [2.75, 3.05) is 23.9 Å². The molecule has 3 nitrogen and oxygen atoms in total. The quantitative estimate of drug-likeness (QED) is 0.822. The second kappa shape index (κ2) is 5.78. The van der Waals surface area contributed by atoms with Gasteiger partial charge in [0.1, 0.15) is 6.07 Å². The largest absolute Gasteiger partial charge is 0.387 e. The summed E-state index contributed by atoms with van der Waals surface area (Å²) >= 11 is 1.60. The molecule has 1 aromatic rings. The van der Waals surface area contributed by atoms with E-state index in [-0.39, 0.29) is 0 Å². The highest BCUT2D eigenvalue weighted by Gasteiger charge is 2.19. The van der Waals surface area contributed by atoms with E-state index >= 15 is 0 Å². The predicted molar refractivity (Wildman–Crippen MR) is 68.7 cm³/mol. The summed E-state index contributed by atoms with van der Waals surface area (Å²) < 4.78 is 0. The van der Waals surface area contributed by atoms with Gasteiger partial charge in [0, 0.05) is 12.3 Å². The Morgan fingerprint density at radius 3 is 2.81 bits per heavy atom. The molecule has 2 N–H and O–H groups in total. The fraction of sp³-hybridized carbons (Fsp3) is 0.417. The topological polar surface area (TPSA) is 56.0 Å². The van der Waals surface area contributed by atoms with Crippen molar-refractivity contribution in [3.05, 3.63) is 29.8 Å². The van der Waals surface area contributed by atoms with Crippen LogP contribution in [0.25, 0.3) is 0 Å². The lowest BCUT2D eigenvalue weighted by Gasteiger charge is -2.23. The third kappa shape index (κ3) is 3.76. The average molecular weight is 236 g/mol. The number of benzene rings is 1. The normalized spacial score (nSPS) is 13.9. The zero-order valence-electron chi connectivity index (χ0n) is 9.53. The van der Waals surface area contributed by atoms with Gasteiger partial charge in [-0.15, -0.1) is 0 Å². The molecule has 4 heteroatoms. The van der Waals surface area contributed by atoms with Crippen LogP contribution in [0.3, 0.4) is 0 Å². The number of nitrogens with one attached hydrogen (secondary N) is 1. The number of hydrogen-bond donors (Lipinski definition) is 2. The number of thioether (sulfide) groups is 1. The summed E-state index contributed by atoms with van der Waals surface area (Å²) in [6.45, 7) is 2.22. The summed E-state index contributed by atoms with van der Waals surface area (Å²) in [6.07, 6.45) is 1.96. The molecule has 0 saturated heterocycles. The van der Waals surface area contributed by atoms with Gasteiger partial charge in [0.05, 0.1) is 16.9 Å². The summed E-state index contributed by atoms with van der Waals surface area (Å²) in [5, 5.41) is 22.0. The van der Waals surface area contributed by atoms with Gasteiger partial charge in [-0.25, -0.2) is 0 Å². The van der Waals surface area contributed by atoms with E-state index in [1.165, 1.54) is 0 Å². The predicted octanol–water partition coefficient (Wildman–Crippen LogP) is 2.08. The number of rotatable bonds is 5. The van der Waals surface area contributed by atoms with E-state index in [1.54, 1.807) is 24.8 Å². The van der Waals surface area contributed by atoms with Gasteiger partial charge in [-0.05, 0) is 25.3 Å². The second-order valence-corrected chi connectivity index (χ2v) is 4.81. The fourth-order valence-corrected chi connectivity index (χ4v) is 2.11. The van der Waals surface area contributed by atoms with E-state index in [1.807, 2.05) is 24.5 Å². The molecule has 1 unspecified atom stereocenters. The van der Waals surface area contributed by atoms with Gasteiger partial charge in [0.25, 0.3) is 0 Å². The maximum atomic E-state index is 9.97. The zero-order chi connectivity index (χ0) is 12.0. The molecule has 0 aromatic heterocycles. The van der Waals surface area contributed by atoms with Crippen LogP contribution in [0.5, 0.6) is 0 Å². The first-order valence-electron chi connectivity index (χ1n) is 5.03. The van der Waals surface area contributed by atoms with Crippen LogP contribution in [-0.4, -0.2) is 29.3 Å². The number of anilines is 1. The minimum absolute atomic E-state index is 0.437. The van der Waals surface area contributed by atoms with Crippen LogP contribution in [0.4, 0.5) is 5.69 Å². The number of para-hydroxylation sites is 1. The van der Waals surface area contributed by atoms with Gasteiger partial charge in [-0.1, -0.05) is 12.1 Å². The Morgan fingerprint density at radius 2 is 2.19 bits per heavy atom. The van der Waals surface area contributed by atoms with Crippen molar-refractivity contribution in [1.29, 1.82) is 5.26 Å². The number of nitriles is 1. The number of hydrogen-bond acceptors (Lipinski definition) is 4. The molecule has 1 atom stereocenters. The van der Waals surface area contributed by atoms with Crippen LogP contribution in [0, 0.1) is 11.3 Å². The first kappa shape index (κ1) is 12.9. The summed E-state index contributed by atoms with van der Waals surface area (Å²) in [6, 6.07) is 9.40. The molecular weight excluding hydrogens is 220 g/mol. The maximum absolute atomic E-state index is 9.97. The molecule has 1 rings (SSSR count). The lowest BCUT2D eigenvalue weighted by atomic mass is 10.1. The molecule has 0 heterocycles. The van der Waals surface area contributed by atoms with Crippen molar-refractivity contribution in [3.63, 3.8) is 0 Å². The standard InChI is InChI=1S/C12H16N2OS/c1-12(15,9-16-2)8-14-11-6-4-3-5-10(11)7-13/h3-6,14-15H,8-9H2,1-2H3. The maximum Gasteiger partial charge on any atom is 0.101 e. The monoisotopic (exact) mass is 236 g/mol. The van der Waals surface area contributed by atoms with Crippen molar-refractivity contribution < 1.29 is 5.11 Å². The molecule has 86 valence electrons. The third-order valence-electron chi connectivity index (χ3n) is 2.16. The second-order valence-electron chi connectivity index (χ2n) is 3.94. The molecule has 0 aliphatic heterocycles. The van der Waals surface area contributed by atoms with Gasteiger partial charge in [0.2, 0.25) is 0 Å². The van der Waals surface area contributed by atoms with E-state index in [0.717, 1.165) is 5.69 Å². The lowest BCUT2D eigenvalue weighted by Crippen LogP contribution is -2.36. The first-order valence-corrected chi connectivity index (χ1v) is 6.43. The molecule has 0 bridgehead atoms. The highest BCUT2D eigenvalue weighted by Crippen LogP contribution is 2.16. The van der Waals surface area contributed by atoms with E-state index in [2.05, 4.69) is 11.4 Å². The minimum Gasteiger partial charge on any atom is -0.387 e. The van der Waals surface area contributed by atoms with E-state index in [9.17, 15) is 5.11 Å². The average Bonchev–Trinajstić information content (AvgIpc) is 2.27. The van der Waals surface area contributed by atoms with E-state index < -0.39 is 5.60 Å². The third-order valence-corrected chi connectivity index (χ3v) is 3.07. The van der Waals surface area contributed by atoms with Crippen LogP contribution >= 0.6 is 11.8 Å². The lowest BCUT2D eigenvalue weighted by molar-refractivity contribution is 0.0997. The number of nitrogens with zero attached hydrogens (tertiary/aromatic N) is 1. The molecule has 1 aromatic carbocycles. The van der Waals surface area contributed by atoms with Crippen LogP contribution in [0.2, 0.25) is 0 Å². The van der Waals surface area contributed by atoms with Crippen molar-refractivity contribution in [1.82, 2.24) is 0 Å². The molecule has 0 fully saturated rings. The Labute approximate surface area is 100 Å². The van der Waals surface area contributed by atoms with Gasteiger partial charge in [0.15, 0.2) is 0 Å². The Kier molecular flexibility index (Phi) is 4.66. The molecule has 0 aliphatic carbocycles. The molecular formula is C12H16N2OS. The highest BCUT2D eigenvalue weighted by molar-refractivity contribution is 7.98. The summed E-state index contributed by atoms with van der Waals surface area (Å²) in [5.74, 6) is 0.661. The Hall–Kier alpha value is -1.18. The van der Waals surface area contributed by atoms with Gasteiger partial charge in [-0.2, -0.15) is 17.0 Å². The van der Waals surface area contributed by atoms with Gasteiger partial charge < -0.3 is 10.4 Å². The van der Waals surface area contributed by atoms with E-state index in [0.29, 0.717) is 17.9 Å². The molecule has 0 amide bonds. The van der Waals surface area contributed by atoms with Crippen molar-refractivity contribution in [3.8, 4) is 6.07 Å². The zero-order valence-corrected chi connectivity index (χ0v) is 10.3. The van der Waals surface area contributed by atoms with Crippen LogP contribution < -0.4 is 5.32 Å². The Morgan fingerprint density at radius 1 is 1.50 bits per heavy atom. The molecule has 0 spiro atoms.